The Kier molecular flexibility index (Phi) is 6.25. The summed E-state index contributed by atoms with van der Waals surface area (Å²) < 4.78 is 10.1. The summed E-state index contributed by atoms with van der Waals surface area (Å²) in [5, 5.41) is 0. The summed E-state index contributed by atoms with van der Waals surface area (Å²) in [6, 6.07) is 0. The van der Waals surface area contributed by atoms with Crippen LogP contribution >= 0.6 is 0 Å². The molecule has 0 saturated heterocycles. The van der Waals surface area contributed by atoms with E-state index in [2.05, 4.69) is 0 Å². The molecule has 2 nitrogen and oxygen atoms in total. The van der Waals surface area contributed by atoms with E-state index in [4.69, 9.17) is 9.47 Å². The molecule has 1 aliphatic rings. The van der Waals surface area contributed by atoms with Gasteiger partial charge in [0.2, 0.25) is 0 Å². The fourth-order valence-corrected chi connectivity index (χ4v) is 0.890. The zero-order chi connectivity index (χ0) is 9.40. The molecule has 1 rings (SSSR count). The molecule has 0 aromatic rings. The third-order valence-corrected chi connectivity index (χ3v) is 1.43. The maximum absolute atomic E-state index is 5.07. The average Bonchev–Trinajstić information content (AvgIpc) is 2.20. The Morgan fingerprint density at radius 1 is 1.17 bits per heavy atom. The fourth-order valence-electron chi connectivity index (χ4n) is 0.890. The van der Waals surface area contributed by atoms with Crippen LogP contribution in [0, 0.1) is 6.42 Å². The van der Waals surface area contributed by atoms with Gasteiger partial charge in [0.05, 0.1) is 14.2 Å². The van der Waals surface area contributed by atoms with Crippen LogP contribution in [0.5, 0.6) is 0 Å². The molecular weight excluding hydrogens is 152 g/mol. The maximum atomic E-state index is 5.07. The van der Waals surface area contributed by atoms with Gasteiger partial charge in [0, 0.05) is 6.42 Å². The molecule has 0 N–H and O–H groups in total. The number of methoxy groups -OCH3 is 2. The molecule has 0 heterocycles. The molecule has 0 atom stereocenters. The average molecular weight is 169 g/mol. The predicted molar refractivity (Wildman–Crippen MR) is 50.4 cm³/mol. The minimum atomic E-state index is 0.824. The van der Waals surface area contributed by atoms with Crippen LogP contribution in [0.4, 0.5) is 0 Å². The molecule has 0 aliphatic heterocycles. The lowest BCUT2D eigenvalue weighted by Crippen LogP contribution is -1.98. The molecule has 0 aromatic carbocycles. The smallest absolute Gasteiger partial charge is 0.156 e. The molecular formula is C10H17O2. The zero-order valence-electron chi connectivity index (χ0n) is 8.26. The molecule has 0 fully saturated rings. The normalized spacial score (nSPS) is 15.0. The van der Waals surface area contributed by atoms with E-state index in [9.17, 15) is 0 Å². The van der Waals surface area contributed by atoms with E-state index in [1.54, 1.807) is 14.2 Å². The van der Waals surface area contributed by atoms with Crippen LogP contribution in [0.15, 0.2) is 23.7 Å². The first kappa shape index (κ1) is 11.1. The van der Waals surface area contributed by atoms with Crippen molar-refractivity contribution >= 4 is 0 Å². The van der Waals surface area contributed by atoms with Gasteiger partial charge in [0.15, 0.2) is 5.76 Å². The Morgan fingerprint density at radius 3 is 2.25 bits per heavy atom. The Labute approximate surface area is 74.9 Å². The van der Waals surface area contributed by atoms with Crippen molar-refractivity contribution in [3.05, 3.63) is 30.1 Å². The second-order valence-corrected chi connectivity index (χ2v) is 1.99. The zero-order valence-corrected chi connectivity index (χ0v) is 8.26. The van der Waals surface area contributed by atoms with Gasteiger partial charge in [-0.05, 0) is 12.5 Å². The van der Waals surface area contributed by atoms with Gasteiger partial charge < -0.3 is 9.47 Å². The highest BCUT2D eigenvalue weighted by molar-refractivity contribution is 5.25. The molecule has 69 valence electrons. The first-order valence-electron chi connectivity index (χ1n) is 4.19. The lowest BCUT2D eigenvalue weighted by Gasteiger charge is -2.12. The van der Waals surface area contributed by atoms with Gasteiger partial charge in [0.25, 0.3) is 0 Å². The topological polar surface area (TPSA) is 18.5 Å². The van der Waals surface area contributed by atoms with Crippen molar-refractivity contribution in [2.24, 2.45) is 0 Å². The van der Waals surface area contributed by atoms with Crippen molar-refractivity contribution in [1.82, 2.24) is 0 Å². The summed E-state index contributed by atoms with van der Waals surface area (Å²) in [5.41, 5.74) is 0. The van der Waals surface area contributed by atoms with E-state index in [0.717, 1.165) is 17.9 Å². The summed E-state index contributed by atoms with van der Waals surface area (Å²) in [4.78, 5) is 0. The first-order valence-corrected chi connectivity index (χ1v) is 4.19. The van der Waals surface area contributed by atoms with Crippen LogP contribution in [-0.4, -0.2) is 14.2 Å². The lowest BCUT2D eigenvalue weighted by atomic mass is 10.1. The monoisotopic (exact) mass is 169 g/mol. The van der Waals surface area contributed by atoms with Gasteiger partial charge in [0.1, 0.15) is 5.76 Å². The van der Waals surface area contributed by atoms with Gasteiger partial charge in [-0.1, -0.05) is 19.9 Å². The minimum Gasteiger partial charge on any atom is -0.497 e. The van der Waals surface area contributed by atoms with Crippen molar-refractivity contribution in [3.8, 4) is 0 Å². The van der Waals surface area contributed by atoms with Gasteiger partial charge in [-0.2, -0.15) is 0 Å². The van der Waals surface area contributed by atoms with Crippen LogP contribution in [-0.2, 0) is 9.47 Å². The maximum Gasteiger partial charge on any atom is 0.156 e. The fraction of sp³-hybridized carbons (Fsp3) is 0.500. The second-order valence-electron chi connectivity index (χ2n) is 1.99. The highest BCUT2D eigenvalue weighted by Crippen LogP contribution is 2.18. The SMILES string of the molecule is CC.COC1=C(OC)C[CH]C=C1. The van der Waals surface area contributed by atoms with Crippen molar-refractivity contribution in [3.63, 3.8) is 0 Å². The van der Waals surface area contributed by atoms with Gasteiger partial charge in [-0.3, -0.25) is 0 Å². The van der Waals surface area contributed by atoms with Crippen molar-refractivity contribution < 1.29 is 9.47 Å². The quantitative estimate of drug-likeness (QED) is 0.632. The Balaban J connectivity index is 0.000000561. The summed E-state index contributed by atoms with van der Waals surface area (Å²) in [5.74, 6) is 1.72. The van der Waals surface area contributed by atoms with Crippen molar-refractivity contribution in [1.29, 1.82) is 0 Å². The van der Waals surface area contributed by atoms with E-state index in [-0.39, 0.29) is 0 Å². The number of rotatable bonds is 2. The third-order valence-electron chi connectivity index (χ3n) is 1.43. The van der Waals surface area contributed by atoms with Gasteiger partial charge in [-0.25, -0.2) is 0 Å². The first-order chi connectivity index (χ1) is 5.88. The number of allylic oxidation sites excluding steroid dienone is 3. The standard InChI is InChI=1S/C8H11O2.C2H6/c1-9-7-5-3-4-6-8(7)10-2;1-2/h3-5H,6H2,1-2H3;1-2H3. The Hall–Kier alpha value is -0.920. The van der Waals surface area contributed by atoms with E-state index >= 15 is 0 Å². The highest BCUT2D eigenvalue weighted by Gasteiger charge is 2.07. The molecule has 1 radical (unpaired) electrons. The molecule has 0 spiro atoms. The van der Waals surface area contributed by atoms with E-state index in [0.29, 0.717) is 0 Å². The second kappa shape index (κ2) is 6.77. The summed E-state index contributed by atoms with van der Waals surface area (Å²) in [6.45, 7) is 4.00. The van der Waals surface area contributed by atoms with Crippen LogP contribution in [0.25, 0.3) is 0 Å². The van der Waals surface area contributed by atoms with Crippen molar-refractivity contribution in [2.45, 2.75) is 20.3 Å². The van der Waals surface area contributed by atoms with Crippen LogP contribution < -0.4 is 0 Å². The lowest BCUT2D eigenvalue weighted by molar-refractivity contribution is 0.223. The van der Waals surface area contributed by atoms with Crippen LogP contribution in [0.1, 0.15) is 20.3 Å². The van der Waals surface area contributed by atoms with E-state index in [1.807, 2.05) is 32.4 Å². The summed E-state index contributed by atoms with van der Waals surface area (Å²) >= 11 is 0. The molecule has 0 saturated carbocycles. The molecule has 1 aliphatic carbocycles. The molecule has 12 heavy (non-hydrogen) atoms. The van der Waals surface area contributed by atoms with Crippen LogP contribution in [0.3, 0.4) is 0 Å². The van der Waals surface area contributed by atoms with Crippen molar-refractivity contribution in [2.75, 3.05) is 14.2 Å². The Bertz CT molecular complexity index is 169. The highest BCUT2D eigenvalue weighted by atomic mass is 16.5. The Morgan fingerprint density at radius 2 is 1.83 bits per heavy atom. The number of hydrogen-bond acceptors (Lipinski definition) is 2. The third kappa shape index (κ3) is 2.99. The van der Waals surface area contributed by atoms with E-state index in [1.165, 1.54) is 0 Å². The molecule has 0 bridgehead atoms. The predicted octanol–water partition coefficient (Wildman–Crippen LogP) is 2.68. The molecule has 0 aromatic heterocycles. The largest absolute Gasteiger partial charge is 0.497 e. The molecule has 2 heteroatoms. The van der Waals surface area contributed by atoms with Gasteiger partial charge in [-0.15, -0.1) is 0 Å². The summed E-state index contributed by atoms with van der Waals surface area (Å²) in [6.07, 6.45) is 6.71. The number of ether oxygens (including phenoxy) is 2. The minimum absolute atomic E-state index is 0.824. The number of hydrogen-bond donors (Lipinski definition) is 0. The van der Waals surface area contributed by atoms with E-state index < -0.39 is 0 Å². The molecule has 0 unspecified atom stereocenters. The molecule has 0 amide bonds. The van der Waals surface area contributed by atoms with Gasteiger partial charge >= 0.3 is 0 Å². The van der Waals surface area contributed by atoms with Crippen LogP contribution in [0.2, 0.25) is 0 Å². The summed E-state index contributed by atoms with van der Waals surface area (Å²) in [7, 11) is 3.30.